The van der Waals surface area contributed by atoms with E-state index in [1.54, 1.807) is 12.1 Å². The van der Waals surface area contributed by atoms with Crippen molar-refractivity contribution in [2.24, 2.45) is 0 Å². The highest BCUT2D eigenvalue weighted by Gasteiger charge is 2.23. The normalized spacial score (nSPS) is 12.1. The van der Waals surface area contributed by atoms with Crippen LogP contribution >= 0.6 is 0 Å². The minimum atomic E-state index is -0.873. The number of aliphatic carboxylic acids is 1. The molecule has 0 aromatic heterocycles. The third-order valence-corrected chi connectivity index (χ3v) is 3.46. The molecule has 5 nitrogen and oxygen atoms in total. The summed E-state index contributed by atoms with van der Waals surface area (Å²) in [7, 11) is 0. The monoisotopic (exact) mass is 279 g/mol. The molecule has 0 fully saturated rings. The Morgan fingerprint density at radius 2 is 2.15 bits per heavy atom. The summed E-state index contributed by atoms with van der Waals surface area (Å²) in [6.07, 6.45) is 3.01. The van der Waals surface area contributed by atoms with Crippen molar-refractivity contribution >= 4 is 11.7 Å². The van der Waals surface area contributed by atoms with Gasteiger partial charge in [0.2, 0.25) is 0 Å². The van der Waals surface area contributed by atoms with E-state index in [9.17, 15) is 14.9 Å². The second kappa shape index (κ2) is 7.62. The fourth-order valence-electron chi connectivity index (χ4n) is 2.30. The summed E-state index contributed by atoms with van der Waals surface area (Å²) in [5.41, 5.74) is 1.56. The smallest absolute Gasteiger partial charge is 0.303 e. The summed E-state index contributed by atoms with van der Waals surface area (Å²) in [5, 5.41) is 20.1. The number of nitrogens with zero attached hydrogens (tertiary/aromatic N) is 1. The fourth-order valence-corrected chi connectivity index (χ4v) is 2.30. The molecule has 1 aromatic carbocycles. The van der Waals surface area contributed by atoms with Gasteiger partial charge in [-0.15, -0.1) is 0 Å². The number of aryl methyl sites for hydroxylation is 1. The van der Waals surface area contributed by atoms with Crippen molar-refractivity contribution in [3.8, 4) is 0 Å². The zero-order valence-electron chi connectivity index (χ0n) is 12.0. The quantitative estimate of drug-likeness (QED) is 0.578. The predicted molar refractivity (Wildman–Crippen MR) is 77.0 cm³/mol. The van der Waals surface area contributed by atoms with Gasteiger partial charge in [-0.3, -0.25) is 14.9 Å². The number of nitro benzene ring substituents is 1. The molecular formula is C15H21NO4. The van der Waals surface area contributed by atoms with Gasteiger partial charge in [0.25, 0.3) is 5.69 Å². The summed E-state index contributed by atoms with van der Waals surface area (Å²) in [6, 6.07) is 5.35. The minimum absolute atomic E-state index is 0.0253. The number of hydrogen-bond acceptors (Lipinski definition) is 3. The van der Waals surface area contributed by atoms with Crippen LogP contribution in [0.15, 0.2) is 18.2 Å². The van der Waals surface area contributed by atoms with E-state index in [1.165, 1.54) is 0 Å². The molecule has 0 saturated carbocycles. The Morgan fingerprint density at radius 3 is 2.70 bits per heavy atom. The molecular weight excluding hydrogens is 258 g/mol. The average molecular weight is 279 g/mol. The maximum absolute atomic E-state index is 11.3. The molecule has 0 saturated heterocycles. The molecule has 20 heavy (non-hydrogen) atoms. The predicted octanol–water partition coefficient (Wildman–Crippen LogP) is 3.91. The summed E-state index contributed by atoms with van der Waals surface area (Å²) in [5.74, 6) is -1.00. The van der Waals surface area contributed by atoms with E-state index in [0.717, 1.165) is 18.4 Å². The maximum atomic E-state index is 11.3. The number of carboxylic acid groups (broad SMARTS) is 1. The molecule has 1 unspecified atom stereocenters. The Morgan fingerprint density at radius 1 is 1.45 bits per heavy atom. The van der Waals surface area contributed by atoms with Crippen molar-refractivity contribution in [2.45, 2.75) is 51.9 Å². The third-order valence-electron chi connectivity index (χ3n) is 3.46. The van der Waals surface area contributed by atoms with Crippen LogP contribution in [0.5, 0.6) is 0 Å². The molecule has 0 aliphatic carbocycles. The van der Waals surface area contributed by atoms with E-state index in [4.69, 9.17) is 5.11 Å². The molecule has 0 heterocycles. The summed E-state index contributed by atoms with van der Waals surface area (Å²) >= 11 is 0. The van der Waals surface area contributed by atoms with Crippen LogP contribution < -0.4 is 0 Å². The van der Waals surface area contributed by atoms with Gasteiger partial charge in [0.15, 0.2) is 0 Å². The Bertz CT molecular complexity index is 485. The lowest BCUT2D eigenvalue weighted by atomic mass is 9.91. The molecule has 1 atom stereocenters. The molecule has 0 radical (unpaired) electrons. The summed E-state index contributed by atoms with van der Waals surface area (Å²) < 4.78 is 0. The molecule has 0 aliphatic heterocycles. The first kappa shape index (κ1) is 16.1. The lowest BCUT2D eigenvalue weighted by molar-refractivity contribution is -0.386. The highest BCUT2D eigenvalue weighted by Crippen LogP contribution is 2.33. The van der Waals surface area contributed by atoms with Crippen molar-refractivity contribution < 1.29 is 14.8 Å². The Labute approximate surface area is 118 Å². The van der Waals surface area contributed by atoms with E-state index in [2.05, 4.69) is 0 Å². The van der Waals surface area contributed by atoms with Crippen LogP contribution in [-0.4, -0.2) is 16.0 Å². The first-order chi connectivity index (χ1) is 9.47. The van der Waals surface area contributed by atoms with E-state index in [-0.39, 0.29) is 22.9 Å². The number of rotatable bonds is 8. The van der Waals surface area contributed by atoms with Gasteiger partial charge < -0.3 is 5.11 Å². The summed E-state index contributed by atoms with van der Waals surface area (Å²) in [4.78, 5) is 21.6. The SMILES string of the molecule is CCCCc1cccc(C(C)CCC(=O)O)c1[N+](=O)[O-]. The Balaban J connectivity index is 3.05. The second-order valence-electron chi connectivity index (χ2n) is 5.05. The van der Waals surface area contributed by atoms with Gasteiger partial charge in [0, 0.05) is 17.5 Å². The topological polar surface area (TPSA) is 80.4 Å². The lowest BCUT2D eigenvalue weighted by Gasteiger charge is -2.13. The highest BCUT2D eigenvalue weighted by atomic mass is 16.6. The molecule has 0 bridgehead atoms. The molecule has 0 spiro atoms. The molecule has 5 heteroatoms. The Kier molecular flexibility index (Phi) is 6.15. The second-order valence-corrected chi connectivity index (χ2v) is 5.05. The molecule has 0 aliphatic rings. The number of para-hydroxylation sites is 1. The molecule has 110 valence electrons. The first-order valence-electron chi connectivity index (χ1n) is 6.95. The van der Waals surface area contributed by atoms with Crippen LogP contribution in [0.25, 0.3) is 0 Å². The zero-order chi connectivity index (χ0) is 15.1. The van der Waals surface area contributed by atoms with Gasteiger partial charge in [-0.2, -0.15) is 0 Å². The van der Waals surface area contributed by atoms with Gasteiger partial charge in [-0.1, -0.05) is 38.5 Å². The molecule has 1 N–H and O–H groups in total. The van der Waals surface area contributed by atoms with Crippen molar-refractivity contribution in [1.82, 2.24) is 0 Å². The molecule has 1 rings (SSSR count). The average Bonchev–Trinajstić information content (AvgIpc) is 2.41. The van der Waals surface area contributed by atoms with Gasteiger partial charge in [-0.25, -0.2) is 0 Å². The highest BCUT2D eigenvalue weighted by molar-refractivity contribution is 5.66. The number of hydrogen-bond donors (Lipinski definition) is 1. The van der Waals surface area contributed by atoms with Gasteiger partial charge >= 0.3 is 5.97 Å². The zero-order valence-corrected chi connectivity index (χ0v) is 12.0. The van der Waals surface area contributed by atoms with E-state index in [1.807, 2.05) is 19.9 Å². The molecule has 0 amide bonds. The van der Waals surface area contributed by atoms with Gasteiger partial charge in [-0.05, 0) is 25.2 Å². The van der Waals surface area contributed by atoms with Crippen LogP contribution in [0.2, 0.25) is 0 Å². The number of benzene rings is 1. The summed E-state index contributed by atoms with van der Waals surface area (Å²) in [6.45, 7) is 3.89. The van der Waals surface area contributed by atoms with Crippen LogP contribution in [0, 0.1) is 10.1 Å². The van der Waals surface area contributed by atoms with E-state index in [0.29, 0.717) is 18.4 Å². The number of unbranched alkanes of at least 4 members (excludes halogenated alkanes) is 1. The van der Waals surface area contributed by atoms with E-state index < -0.39 is 5.97 Å². The fraction of sp³-hybridized carbons (Fsp3) is 0.533. The van der Waals surface area contributed by atoms with Crippen LogP contribution in [0.3, 0.4) is 0 Å². The van der Waals surface area contributed by atoms with Crippen molar-refractivity contribution in [3.63, 3.8) is 0 Å². The minimum Gasteiger partial charge on any atom is -0.481 e. The molecule has 1 aromatic rings. The largest absolute Gasteiger partial charge is 0.481 e. The maximum Gasteiger partial charge on any atom is 0.303 e. The van der Waals surface area contributed by atoms with Crippen molar-refractivity contribution in [3.05, 3.63) is 39.4 Å². The third kappa shape index (κ3) is 4.33. The first-order valence-corrected chi connectivity index (χ1v) is 6.95. The van der Waals surface area contributed by atoms with Crippen LogP contribution in [0.4, 0.5) is 5.69 Å². The van der Waals surface area contributed by atoms with Gasteiger partial charge in [0.1, 0.15) is 0 Å². The van der Waals surface area contributed by atoms with Crippen LogP contribution in [-0.2, 0) is 11.2 Å². The van der Waals surface area contributed by atoms with Crippen molar-refractivity contribution in [1.29, 1.82) is 0 Å². The standard InChI is InChI=1S/C15H21NO4/c1-3-4-6-12-7-5-8-13(15(12)16(19)20)11(2)9-10-14(17)18/h5,7-8,11H,3-4,6,9-10H2,1-2H3,(H,17,18). The van der Waals surface area contributed by atoms with E-state index >= 15 is 0 Å². The van der Waals surface area contributed by atoms with Crippen LogP contribution in [0.1, 0.15) is 56.6 Å². The number of carboxylic acids is 1. The van der Waals surface area contributed by atoms with Crippen molar-refractivity contribution in [2.75, 3.05) is 0 Å². The van der Waals surface area contributed by atoms with Gasteiger partial charge in [0.05, 0.1) is 4.92 Å². The Hall–Kier alpha value is -1.91. The lowest BCUT2D eigenvalue weighted by Crippen LogP contribution is -2.06. The number of carbonyl (C=O) groups is 1. The number of nitro groups is 1.